The molecule has 0 radical (unpaired) electrons. The van der Waals surface area contributed by atoms with E-state index in [1.807, 2.05) is 0 Å². The molecule has 7 heteroatoms. The van der Waals surface area contributed by atoms with Crippen LogP contribution in [0.4, 0.5) is 0 Å². The molecule has 1 aliphatic rings. The molecule has 1 atom stereocenters. The van der Waals surface area contributed by atoms with Gasteiger partial charge in [0.25, 0.3) is 5.91 Å². The highest BCUT2D eigenvalue weighted by atomic mass is 35.5. The zero-order valence-electron chi connectivity index (χ0n) is 8.76. The fraction of sp³-hybridized carbons (Fsp3) is 0.400. The summed E-state index contributed by atoms with van der Waals surface area (Å²) in [6.07, 6.45) is -0.988. The standard InChI is InChI=1S/C10H10ClNO5/c11-8-2-1-6(17-8)9(13)12-3-4-16-7(5-12)10(14)15/h1-2,7H,3-5H2,(H,14,15)/t7-/m1/s1. The SMILES string of the molecule is O=C(O)[C@H]1CN(C(=O)c2ccc(Cl)o2)CCO1. The van der Waals surface area contributed by atoms with Gasteiger partial charge in [-0.3, -0.25) is 4.79 Å². The molecule has 2 heterocycles. The third-order valence-corrected chi connectivity index (χ3v) is 2.62. The molecule has 1 amide bonds. The third-order valence-electron chi connectivity index (χ3n) is 2.41. The van der Waals surface area contributed by atoms with Gasteiger partial charge in [0.15, 0.2) is 17.1 Å². The number of carbonyl (C=O) groups excluding carboxylic acids is 1. The monoisotopic (exact) mass is 259 g/mol. The van der Waals surface area contributed by atoms with Gasteiger partial charge in [-0.05, 0) is 23.7 Å². The summed E-state index contributed by atoms with van der Waals surface area (Å²) < 4.78 is 9.99. The number of ether oxygens (including phenoxy) is 1. The van der Waals surface area contributed by atoms with Crippen LogP contribution in [0.2, 0.25) is 5.22 Å². The second kappa shape index (κ2) is 4.77. The molecule has 17 heavy (non-hydrogen) atoms. The van der Waals surface area contributed by atoms with Gasteiger partial charge in [0.2, 0.25) is 0 Å². The normalized spacial score (nSPS) is 20.3. The van der Waals surface area contributed by atoms with Gasteiger partial charge in [-0.15, -0.1) is 0 Å². The first-order chi connectivity index (χ1) is 8.08. The first kappa shape index (κ1) is 11.9. The third kappa shape index (κ3) is 2.59. The molecular weight excluding hydrogens is 250 g/mol. The van der Waals surface area contributed by atoms with E-state index in [-0.39, 0.29) is 30.0 Å². The van der Waals surface area contributed by atoms with Gasteiger partial charge in [0.05, 0.1) is 13.2 Å². The van der Waals surface area contributed by atoms with Gasteiger partial charge in [-0.25, -0.2) is 4.79 Å². The van der Waals surface area contributed by atoms with Crippen LogP contribution in [0.5, 0.6) is 0 Å². The van der Waals surface area contributed by atoms with Crippen LogP contribution in [0.15, 0.2) is 16.5 Å². The van der Waals surface area contributed by atoms with Crippen molar-refractivity contribution in [1.82, 2.24) is 4.90 Å². The van der Waals surface area contributed by atoms with Crippen molar-refractivity contribution in [3.8, 4) is 0 Å². The largest absolute Gasteiger partial charge is 0.479 e. The summed E-state index contributed by atoms with van der Waals surface area (Å²) in [5, 5.41) is 8.93. The van der Waals surface area contributed by atoms with E-state index >= 15 is 0 Å². The van der Waals surface area contributed by atoms with E-state index in [0.29, 0.717) is 6.54 Å². The van der Waals surface area contributed by atoms with Crippen LogP contribution in [0, 0.1) is 0 Å². The predicted molar refractivity (Wildman–Crippen MR) is 57.0 cm³/mol. The van der Waals surface area contributed by atoms with E-state index in [0.717, 1.165) is 0 Å². The molecule has 0 unspecified atom stereocenters. The summed E-state index contributed by atoms with van der Waals surface area (Å²) in [4.78, 5) is 24.0. The molecule has 2 rings (SSSR count). The number of nitrogens with zero attached hydrogens (tertiary/aromatic N) is 1. The summed E-state index contributed by atoms with van der Waals surface area (Å²) in [5.74, 6) is -1.37. The van der Waals surface area contributed by atoms with Gasteiger partial charge < -0.3 is 19.2 Å². The zero-order valence-corrected chi connectivity index (χ0v) is 9.51. The second-order valence-corrected chi connectivity index (χ2v) is 3.93. The van der Waals surface area contributed by atoms with Crippen LogP contribution in [-0.4, -0.2) is 47.7 Å². The molecule has 1 aromatic heterocycles. The van der Waals surface area contributed by atoms with E-state index in [4.69, 9.17) is 25.9 Å². The molecule has 0 saturated carbocycles. The van der Waals surface area contributed by atoms with Crippen LogP contribution in [0.1, 0.15) is 10.6 Å². The number of hydrogen-bond donors (Lipinski definition) is 1. The Morgan fingerprint density at radius 2 is 2.24 bits per heavy atom. The number of carbonyl (C=O) groups is 2. The van der Waals surface area contributed by atoms with Crippen molar-refractivity contribution >= 4 is 23.5 Å². The molecule has 1 aromatic rings. The minimum atomic E-state index is -1.08. The van der Waals surface area contributed by atoms with E-state index < -0.39 is 12.1 Å². The topological polar surface area (TPSA) is 80.0 Å². The maximum Gasteiger partial charge on any atom is 0.334 e. The van der Waals surface area contributed by atoms with E-state index in [1.165, 1.54) is 17.0 Å². The Morgan fingerprint density at radius 1 is 1.47 bits per heavy atom. The first-order valence-corrected chi connectivity index (χ1v) is 5.35. The number of furan rings is 1. The van der Waals surface area contributed by atoms with Crippen molar-refractivity contribution in [2.75, 3.05) is 19.7 Å². The fourth-order valence-corrected chi connectivity index (χ4v) is 1.71. The van der Waals surface area contributed by atoms with Gasteiger partial charge in [0, 0.05) is 6.54 Å². The smallest absolute Gasteiger partial charge is 0.334 e. The maximum atomic E-state index is 11.9. The quantitative estimate of drug-likeness (QED) is 0.852. The van der Waals surface area contributed by atoms with Crippen LogP contribution in [0.25, 0.3) is 0 Å². The van der Waals surface area contributed by atoms with E-state index in [9.17, 15) is 9.59 Å². The highest BCUT2D eigenvalue weighted by Gasteiger charge is 2.30. The molecule has 1 aliphatic heterocycles. The summed E-state index contributed by atoms with van der Waals surface area (Å²) in [6, 6.07) is 2.92. The number of aliphatic carboxylic acids is 1. The molecule has 92 valence electrons. The number of rotatable bonds is 2. The molecule has 0 bridgehead atoms. The van der Waals surface area contributed by atoms with Gasteiger partial charge in [0.1, 0.15) is 0 Å². The van der Waals surface area contributed by atoms with Crippen molar-refractivity contribution in [1.29, 1.82) is 0 Å². The van der Waals surface area contributed by atoms with Crippen molar-refractivity contribution in [2.45, 2.75) is 6.10 Å². The number of halogens is 1. The lowest BCUT2D eigenvalue weighted by atomic mass is 10.2. The van der Waals surface area contributed by atoms with E-state index in [1.54, 1.807) is 0 Å². The van der Waals surface area contributed by atoms with Crippen molar-refractivity contribution in [3.63, 3.8) is 0 Å². The lowest BCUT2D eigenvalue weighted by molar-refractivity contribution is -0.154. The number of carboxylic acids is 1. The lowest BCUT2D eigenvalue weighted by Crippen LogP contribution is -2.48. The van der Waals surface area contributed by atoms with Gasteiger partial charge in [-0.1, -0.05) is 0 Å². The Labute approximate surface area is 102 Å². The van der Waals surface area contributed by atoms with Crippen LogP contribution in [0.3, 0.4) is 0 Å². The number of carboxylic acid groups (broad SMARTS) is 1. The highest BCUT2D eigenvalue weighted by Crippen LogP contribution is 2.16. The summed E-state index contributed by atoms with van der Waals surface area (Å²) in [6.45, 7) is 0.532. The minimum absolute atomic E-state index is 0.00643. The van der Waals surface area contributed by atoms with Crippen molar-refractivity contribution < 1.29 is 23.8 Å². The zero-order chi connectivity index (χ0) is 12.4. The number of morpholine rings is 1. The second-order valence-electron chi connectivity index (χ2n) is 3.55. The van der Waals surface area contributed by atoms with Gasteiger partial charge in [-0.2, -0.15) is 0 Å². The Bertz CT molecular complexity index is 444. The van der Waals surface area contributed by atoms with Crippen LogP contribution in [-0.2, 0) is 9.53 Å². The Kier molecular flexibility index (Phi) is 3.35. The maximum absolute atomic E-state index is 11.9. The fourth-order valence-electron chi connectivity index (χ4n) is 1.57. The minimum Gasteiger partial charge on any atom is -0.479 e. The molecular formula is C10H10ClNO5. The lowest BCUT2D eigenvalue weighted by Gasteiger charge is -2.30. The molecule has 1 saturated heterocycles. The van der Waals surface area contributed by atoms with Crippen molar-refractivity contribution in [3.05, 3.63) is 23.1 Å². The number of amides is 1. The molecule has 6 nitrogen and oxygen atoms in total. The van der Waals surface area contributed by atoms with E-state index in [2.05, 4.69) is 0 Å². The van der Waals surface area contributed by atoms with Crippen LogP contribution < -0.4 is 0 Å². The molecule has 0 aliphatic carbocycles. The molecule has 0 aromatic carbocycles. The molecule has 0 spiro atoms. The van der Waals surface area contributed by atoms with Crippen molar-refractivity contribution in [2.24, 2.45) is 0 Å². The summed E-state index contributed by atoms with van der Waals surface area (Å²) in [7, 11) is 0. The van der Waals surface area contributed by atoms with Gasteiger partial charge >= 0.3 is 5.97 Å². The Morgan fingerprint density at radius 3 is 2.82 bits per heavy atom. The highest BCUT2D eigenvalue weighted by molar-refractivity contribution is 6.29. The Balaban J connectivity index is 2.07. The average Bonchev–Trinajstić information content (AvgIpc) is 2.75. The van der Waals surface area contributed by atoms with Crippen LogP contribution >= 0.6 is 11.6 Å². The Hall–Kier alpha value is -1.53. The predicted octanol–water partition coefficient (Wildman–Crippen LogP) is 0.859. The molecule has 1 fully saturated rings. The summed E-state index contributed by atoms with van der Waals surface area (Å²) in [5.41, 5.74) is 0. The average molecular weight is 260 g/mol. The number of hydrogen-bond acceptors (Lipinski definition) is 4. The molecule has 1 N–H and O–H groups in total. The first-order valence-electron chi connectivity index (χ1n) is 4.97. The summed E-state index contributed by atoms with van der Waals surface area (Å²) >= 11 is 5.57.